The molecular formula is C25H25N3O4S. The van der Waals surface area contributed by atoms with Crippen molar-refractivity contribution in [3.8, 4) is 10.6 Å². The minimum absolute atomic E-state index is 0.139. The van der Waals surface area contributed by atoms with Gasteiger partial charge in [0.15, 0.2) is 0 Å². The number of nitrogens with zero attached hydrogens (tertiary/aromatic N) is 2. The number of likely N-dealkylation sites (tertiary alicyclic amines) is 1. The predicted octanol–water partition coefficient (Wildman–Crippen LogP) is 3.67. The molecule has 3 aromatic rings. The first kappa shape index (κ1) is 22.7. The third-order valence-corrected chi connectivity index (χ3v) is 6.89. The van der Waals surface area contributed by atoms with Crippen molar-refractivity contribution in [2.24, 2.45) is 0 Å². The van der Waals surface area contributed by atoms with Gasteiger partial charge >= 0.3 is 5.97 Å². The maximum atomic E-state index is 12.8. The van der Waals surface area contributed by atoms with E-state index in [1.807, 2.05) is 61.5 Å². The van der Waals surface area contributed by atoms with E-state index in [4.69, 9.17) is 0 Å². The Labute approximate surface area is 196 Å². The van der Waals surface area contributed by atoms with Crippen LogP contribution in [0.25, 0.3) is 10.6 Å². The fourth-order valence-electron chi connectivity index (χ4n) is 4.02. The molecule has 2 heterocycles. The molecule has 0 bridgehead atoms. The smallest absolute Gasteiger partial charge is 0.326 e. The highest BCUT2D eigenvalue weighted by atomic mass is 32.1. The number of aryl methyl sites for hydroxylation is 1. The number of hydrogen-bond acceptors (Lipinski definition) is 5. The van der Waals surface area contributed by atoms with E-state index in [-0.39, 0.29) is 18.2 Å². The lowest BCUT2D eigenvalue weighted by Crippen LogP contribution is -2.41. The molecule has 0 unspecified atom stereocenters. The Morgan fingerprint density at radius 3 is 2.64 bits per heavy atom. The molecule has 0 spiro atoms. The van der Waals surface area contributed by atoms with Crippen molar-refractivity contribution in [1.29, 1.82) is 0 Å². The Balaban J connectivity index is 1.38. The molecule has 1 saturated heterocycles. The van der Waals surface area contributed by atoms with Gasteiger partial charge in [0, 0.05) is 18.7 Å². The zero-order valence-electron chi connectivity index (χ0n) is 18.3. The van der Waals surface area contributed by atoms with Crippen LogP contribution >= 0.6 is 11.3 Å². The van der Waals surface area contributed by atoms with Gasteiger partial charge in [-0.1, -0.05) is 54.6 Å². The second-order valence-corrected chi connectivity index (χ2v) is 9.06. The van der Waals surface area contributed by atoms with Gasteiger partial charge in [-0.05, 0) is 30.9 Å². The number of rotatable bonds is 7. The molecule has 1 fully saturated rings. The standard InChI is InChI=1S/C25H25N3O4S/c1-16-22(33-24(27-16)19-9-3-2-4-10-19)23(30)26-15-18-8-5-7-17(13-18)14-21(29)28-12-6-11-20(28)25(31)32/h2-5,7-10,13,20H,6,11-12,14-15H2,1H3,(H,26,30)(H,31,32)/t20-/m1/s1. The monoisotopic (exact) mass is 463 g/mol. The van der Waals surface area contributed by atoms with Gasteiger partial charge in [-0.15, -0.1) is 11.3 Å². The number of carbonyl (C=O) groups is 3. The number of thiazole rings is 1. The minimum atomic E-state index is -0.953. The van der Waals surface area contributed by atoms with E-state index >= 15 is 0 Å². The van der Waals surface area contributed by atoms with Gasteiger partial charge in [0.2, 0.25) is 5.91 Å². The van der Waals surface area contributed by atoms with Gasteiger partial charge in [-0.25, -0.2) is 9.78 Å². The number of carbonyl (C=O) groups excluding carboxylic acids is 2. The highest BCUT2D eigenvalue weighted by Crippen LogP contribution is 2.27. The third-order valence-electron chi connectivity index (χ3n) is 5.68. The van der Waals surface area contributed by atoms with Crippen molar-refractivity contribution < 1.29 is 19.5 Å². The first-order valence-electron chi connectivity index (χ1n) is 10.8. The number of carboxylic acid groups (broad SMARTS) is 1. The Kier molecular flexibility index (Phi) is 6.84. The summed E-state index contributed by atoms with van der Waals surface area (Å²) in [6.07, 6.45) is 1.34. The molecule has 1 aliphatic rings. The Morgan fingerprint density at radius 1 is 1.12 bits per heavy atom. The lowest BCUT2D eigenvalue weighted by molar-refractivity contribution is -0.148. The van der Waals surface area contributed by atoms with Crippen LogP contribution in [0.4, 0.5) is 0 Å². The molecule has 1 aromatic heterocycles. The van der Waals surface area contributed by atoms with E-state index in [0.717, 1.165) is 21.7 Å². The maximum absolute atomic E-state index is 12.8. The van der Waals surface area contributed by atoms with Crippen LogP contribution in [0, 0.1) is 6.92 Å². The van der Waals surface area contributed by atoms with Crippen LogP contribution in [0.5, 0.6) is 0 Å². The molecule has 0 radical (unpaired) electrons. The quantitative estimate of drug-likeness (QED) is 0.557. The van der Waals surface area contributed by atoms with Gasteiger partial charge in [0.25, 0.3) is 5.91 Å². The molecule has 0 aliphatic carbocycles. The fourth-order valence-corrected chi connectivity index (χ4v) is 5.01. The molecule has 1 aliphatic heterocycles. The van der Waals surface area contributed by atoms with Gasteiger partial charge in [-0.2, -0.15) is 0 Å². The molecule has 2 amide bonds. The van der Waals surface area contributed by atoms with Crippen molar-refractivity contribution in [3.05, 3.63) is 76.3 Å². The van der Waals surface area contributed by atoms with Gasteiger partial charge in [-0.3, -0.25) is 9.59 Å². The van der Waals surface area contributed by atoms with Crippen LogP contribution in [0.15, 0.2) is 54.6 Å². The van der Waals surface area contributed by atoms with Crippen molar-refractivity contribution in [1.82, 2.24) is 15.2 Å². The van der Waals surface area contributed by atoms with Crippen LogP contribution in [-0.2, 0) is 22.6 Å². The van der Waals surface area contributed by atoms with E-state index in [1.165, 1.54) is 16.2 Å². The number of hydrogen-bond donors (Lipinski definition) is 2. The number of aliphatic carboxylic acids is 1. The Hall–Kier alpha value is -3.52. The van der Waals surface area contributed by atoms with E-state index in [2.05, 4.69) is 10.3 Å². The third kappa shape index (κ3) is 5.28. The highest BCUT2D eigenvalue weighted by molar-refractivity contribution is 7.17. The van der Waals surface area contributed by atoms with Crippen molar-refractivity contribution in [2.75, 3.05) is 6.54 Å². The summed E-state index contributed by atoms with van der Waals surface area (Å²) in [7, 11) is 0. The Morgan fingerprint density at radius 2 is 1.88 bits per heavy atom. The molecule has 2 N–H and O–H groups in total. The summed E-state index contributed by atoms with van der Waals surface area (Å²) in [6, 6.07) is 16.5. The second-order valence-electron chi connectivity index (χ2n) is 8.06. The largest absolute Gasteiger partial charge is 0.480 e. The lowest BCUT2D eigenvalue weighted by atomic mass is 10.1. The lowest BCUT2D eigenvalue weighted by Gasteiger charge is -2.21. The topological polar surface area (TPSA) is 99.6 Å². The Bertz CT molecular complexity index is 1180. The summed E-state index contributed by atoms with van der Waals surface area (Å²) in [5.74, 6) is -1.32. The van der Waals surface area contributed by atoms with Crippen molar-refractivity contribution >= 4 is 29.1 Å². The zero-order chi connectivity index (χ0) is 23.4. The molecule has 0 saturated carbocycles. The number of amides is 2. The van der Waals surface area contributed by atoms with E-state index in [1.54, 1.807) is 0 Å². The van der Waals surface area contributed by atoms with Crippen molar-refractivity contribution in [2.45, 2.75) is 38.8 Å². The first-order valence-corrected chi connectivity index (χ1v) is 11.6. The predicted molar refractivity (Wildman–Crippen MR) is 126 cm³/mol. The van der Waals surface area contributed by atoms with Crippen LogP contribution in [0.3, 0.4) is 0 Å². The number of benzene rings is 2. The van der Waals surface area contributed by atoms with E-state index in [9.17, 15) is 19.5 Å². The summed E-state index contributed by atoms with van der Waals surface area (Å²) in [6.45, 7) is 2.62. The maximum Gasteiger partial charge on any atom is 0.326 e. The highest BCUT2D eigenvalue weighted by Gasteiger charge is 2.33. The van der Waals surface area contributed by atoms with Crippen LogP contribution in [-0.4, -0.2) is 45.4 Å². The fraction of sp³-hybridized carbons (Fsp3) is 0.280. The van der Waals surface area contributed by atoms with Gasteiger partial charge in [0.1, 0.15) is 15.9 Å². The summed E-state index contributed by atoms with van der Waals surface area (Å²) >= 11 is 1.36. The summed E-state index contributed by atoms with van der Waals surface area (Å²) in [5, 5.41) is 13.0. The molecule has 1 atom stereocenters. The first-order chi connectivity index (χ1) is 15.9. The molecule has 8 heteroatoms. The normalized spacial score (nSPS) is 15.4. The van der Waals surface area contributed by atoms with Crippen LogP contribution in [0.1, 0.15) is 39.3 Å². The second kappa shape index (κ2) is 9.95. The molecule has 33 heavy (non-hydrogen) atoms. The number of nitrogens with one attached hydrogen (secondary N) is 1. The molecule has 4 rings (SSSR count). The molecule has 170 valence electrons. The number of carboxylic acids is 1. The summed E-state index contributed by atoms with van der Waals surface area (Å²) in [5.41, 5.74) is 3.33. The SMILES string of the molecule is Cc1nc(-c2ccccc2)sc1C(=O)NCc1cccc(CC(=O)N2CCC[C@@H]2C(=O)O)c1. The van der Waals surface area contributed by atoms with Crippen molar-refractivity contribution in [3.63, 3.8) is 0 Å². The van der Waals surface area contributed by atoms with Crippen LogP contribution in [0.2, 0.25) is 0 Å². The van der Waals surface area contributed by atoms with E-state index in [0.29, 0.717) is 36.5 Å². The zero-order valence-corrected chi connectivity index (χ0v) is 19.1. The minimum Gasteiger partial charge on any atom is -0.480 e. The summed E-state index contributed by atoms with van der Waals surface area (Å²) in [4.78, 5) is 43.3. The molecule has 7 nitrogen and oxygen atoms in total. The average Bonchev–Trinajstić information content (AvgIpc) is 3.46. The average molecular weight is 464 g/mol. The molecule has 2 aromatic carbocycles. The van der Waals surface area contributed by atoms with Crippen LogP contribution < -0.4 is 5.32 Å². The van der Waals surface area contributed by atoms with E-state index < -0.39 is 12.0 Å². The summed E-state index contributed by atoms with van der Waals surface area (Å²) < 4.78 is 0. The van der Waals surface area contributed by atoms with Gasteiger partial charge < -0.3 is 15.3 Å². The van der Waals surface area contributed by atoms with Gasteiger partial charge in [0.05, 0.1) is 12.1 Å². The number of aromatic nitrogens is 1. The molecular weight excluding hydrogens is 438 g/mol.